The van der Waals surface area contributed by atoms with E-state index in [2.05, 4.69) is 0 Å². The molecule has 0 amide bonds. The maximum atomic E-state index is 14.7. The molecule has 1 heterocycles. The van der Waals surface area contributed by atoms with Gasteiger partial charge in [0.2, 0.25) is 5.43 Å². The highest BCUT2D eigenvalue weighted by atomic mass is 19.1. The van der Waals surface area contributed by atoms with Crippen LogP contribution < -0.4 is 10.2 Å². The van der Waals surface area contributed by atoms with Crippen LogP contribution in [-0.4, -0.2) is 17.5 Å². The fourth-order valence-corrected chi connectivity index (χ4v) is 3.57. The number of aromatic nitrogens is 1. The topological polar surface area (TPSA) is 48.3 Å². The number of pyridine rings is 1. The normalized spacial score (nSPS) is 11.0. The van der Waals surface area contributed by atoms with Crippen molar-refractivity contribution in [3.63, 3.8) is 0 Å². The molecule has 4 nitrogen and oxygen atoms in total. The van der Waals surface area contributed by atoms with Gasteiger partial charge in [-0.3, -0.25) is 9.59 Å². The first-order valence-corrected chi connectivity index (χ1v) is 9.64. The van der Waals surface area contributed by atoms with Crippen LogP contribution in [0.2, 0.25) is 0 Å². The number of halogens is 2. The van der Waals surface area contributed by atoms with Crippen LogP contribution in [0.4, 0.5) is 8.78 Å². The minimum absolute atomic E-state index is 0.0605. The van der Waals surface area contributed by atoms with Crippen LogP contribution in [0.5, 0.6) is 5.75 Å². The molecule has 0 aliphatic heterocycles. The Morgan fingerprint density at radius 1 is 1.03 bits per heavy atom. The lowest BCUT2D eigenvalue weighted by molar-refractivity contribution is 0.103. The molecule has 0 aliphatic rings. The Bertz CT molecular complexity index is 1360. The van der Waals surface area contributed by atoms with E-state index in [1.54, 1.807) is 42.5 Å². The molecule has 0 bridgehead atoms. The Morgan fingerprint density at radius 3 is 2.48 bits per heavy atom. The second-order valence-corrected chi connectivity index (χ2v) is 7.33. The van der Waals surface area contributed by atoms with E-state index in [4.69, 9.17) is 4.74 Å². The van der Waals surface area contributed by atoms with Crippen molar-refractivity contribution < 1.29 is 18.3 Å². The van der Waals surface area contributed by atoms with Crippen LogP contribution in [0.1, 0.15) is 27.0 Å². The predicted molar refractivity (Wildman–Crippen MR) is 115 cm³/mol. The van der Waals surface area contributed by atoms with E-state index in [0.29, 0.717) is 11.3 Å². The Balaban J connectivity index is 1.93. The van der Waals surface area contributed by atoms with Crippen LogP contribution >= 0.6 is 0 Å². The van der Waals surface area contributed by atoms with Crippen molar-refractivity contribution in [3.8, 4) is 5.75 Å². The van der Waals surface area contributed by atoms with Crippen LogP contribution in [0.15, 0.2) is 71.7 Å². The van der Waals surface area contributed by atoms with Gasteiger partial charge in [-0.05, 0) is 30.7 Å². The molecule has 0 saturated carbocycles. The van der Waals surface area contributed by atoms with Gasteiger partial charge >= 0.3 is 0 Å². The maximum Gasteiger partial charge on any atom is 0.200 e. The Kier molecular flexibility index (Phi) is 5.38. The summed E-state index contributed by atoms with van der Waals surface area (Å²) in [4.78, 5) is 26.1. The fraction of sp³-hybridized carbons (Fsp3) is 0.120. The number of methoxy groups -OCH3 is 1. The first-order valence-electron chi connectivity index (χ1n) is 9.64. The molecule has 4 rings (SSSR count). The molecular formula is C25H19F2NO3. The van der Waals surface area contributed by atoms with Crippen molar-refractivity contribution >= 4 is 16.7 Å². The van der Waals surface area contributed by atoms with Gasteiger partial charge in [-0.15, -0.1) is 0 Å². The average molecular weight is 419 g/mol. The molecule has 0 fully saturated rings. The molecule has 1 aromatic heterocycles. The predicted octanol–water partition coefficient (Wildman–Crippen LogP) is 4.88. The van der Waals surface area contributed by atoms with Crippen molar-refractivity contribution in [1.29, 1.82) is 0 Å². The number of rotatable bonds is 5. The Morgan fingerprint density at radius 2 is 1.77 bits per heavy atom. The first kappa shape index (κ1) is 20.5. The van der Waals surface area contributed by atoms with Crippen molar-refractivity contribution in [1.82, 2.24) is 4.57 Å². The molecule has 0 aliphatic carbocycles. The molecule has 0 unspecified atom stereocenters. The molecule has 6 heteroatoms. The molecule has 0 spiro atoms. The van der Waals surface area contributed by atoms with Crippen molar-refractivity contribution in [2.24, 2.45) is 0 Å². The monoisotopic (exact) mass is 419 g/mol. The van der Waals surface area contributed by atoms with E-state index in [0.717, 1.165) is 23.3 Å². The summed E-state index contributed by atoms with van der Waals surface area (Å²) in [6, 6.07) is 15.6. The molecular weight excluding hydrogens is 400 g/mol. The van der Waals surface area contributed by atoms with Gasteiger partial charge < -0.3 is 9.30 Å². The lowest BCUT2D eigenvalue weighted by Crippen LogP contribution is -2.21. The van der Waals surface area contributed by atoms with Crippen molar-refractivity contribution in [3.05, 3.63) is 111 Å². The van der Waals surface area contributed by atoms with E-state index in [-0.39, 0.29) is 23.0 Å². The van der Waals surface area contributed by atoms with Gasteiger partial charge in [0, 0.05) is 24.4 Å². The lowest BCUT2D eigenvalue weighted by Gasteiger charge is -2.15. The summed E-state index contributed by atoms with van der Waals surface area (Å²) < 4.78 is 35.4. The molecule has 0 N–H and O–H groups in total. The molecule has 156 valence electrons. The highest BCUT2D eigenvalue weighted by Crippen LogP contribution is 2.22. The number of carbonyl (C=O) groups excluding carboxylic acids is 1. The molecule has 0 saturated heterocycles. The quantitative estimate of drug-likeness (QED) is 0.434. The first-order chi connectivity index (χ1) is 14.9. The largest absolute Gasteiger partial charge is 0.497 e. The average Bonchev–Trinajstić information content (AvgIpc) is 2.75. The fourth-order valence-electron chi connectivity index (χ4n) is 3.57. The van der Waals surface area contributed by atoms with Gasteiger partial charge in [0.05, 0.1) is 23.6 Å². The summed E-state index contributed by atoms with van der Waals surface area (Å²) in [5.41, 5.74) is 1.14. The number of ether oxygens (including phenoxy) is 1. The maximum absolute atomic E-state index is 14.7. The standard InChI is InChI=1S/C25H19F2NO3/c1-15-6-8-17(9-7-15)24(29)21-14-28(13-16-4-3-5-19(10-16)31-2)23-20(25(21)30)11-18(26)12-22(23)27/h3-12,14H,13H2,1-2H3. The summed E-state index contributed by atoms with van der Waals surface area (Å²) in [6.07, 6.45) is 1.34. The Hall–Kier alpha value is -3.80. The second kappa shape index (κ2) is 8.14. The zero-order valence-electron chi connectivity index (χ0n) is 17.0. The van der Waals surface area contributed by atoms with Crippen LogP contribution in [-0.2, 0) is 6.54 Å². The summed E-state index contributed by atoms with van der Waals surface area (Å²) >= 11 is 0. The number of carbonyl (C=O) groups is 1. The molecule has 31 heavy (non-hydrogen) atoms. The van der Waals surface area contributed by atoms with Gasteiger partial charge in [0.25, 0.3) is 0 Å². The molecule has 4 aromatic rings. The third-order valence-electron chi connectivity index (χ3n) is 5.14. The Labute approximate surface area is 177 Å². The van der Waals surface area contributed by atoms with Crippen molar-refractivity contribution in [2.45, 2.75) is 13.5 Å². The smallest absolute Gasteiger partial charge is 0.200 e. The third-order valence-corrected chi connectivity index (χ3v) is 5.14. The number of hydrogen-bond donors (Lipinski definition) is 0. The van der Waals surface area contributed by atoms with E-state index in [9.17, 15) is 18.4 Å². The second-order valence-electron chi connectivity index (χ2n) is 7.33. The minimum Gasteiger partial charge on any atom is -0.497 e. The number of hydrogen-bond acceptors (Lipinski definition) is 3. The number of ketones is 1. The zero-order valence-corrected chi connectivity index (χ0v) is 17.0. The summed E-state index contributed by atoms with van der Waals surface area (Å²) in [7, 11) is 1.54. The number of nitrogens with zero attached hydrogens (tertiary/aromatic N) is 1. The molecule has 0 atom stereocenters. The lowest BCUT2D eigenvalue weighted by atomic mass is 10.0. The highest BCUT2D eigenvalue weighted by Gasteiger charge is 2.20. The minimum atomic E-state index is -0.880. The van der Waals surface area contributed by atoms with Gasteiger partial charge in [-0.1, -0.05) is 42.0 Å². The summed E-state index contributed by atoms with van der Waals surface area (Å²) in [5, 5.41) is -0.182. The molecule has 3 aromatic carbocycles. The van der Waals surface area contributed by atoms with Crippen LogP contribution in [0, 0.1) is 18.6 Å². The third kappa shape index (κ3) is 3.97. The van der Waals surface area contributed by atoms with E-state index in [1.165, 1.54) is 17.9 Å². The van der Waals surface area contributed by atoms with Gasteiger partial charge in [-0.25, -0.2) is 8.78 Å². The zero-order chi connectivity index (χ0) is 22.1. The molecule has 0 radical (unpaired) electrons. The van der Waals surface area contributed by atoms with E-state index in [1.807, 2.05) is 13.0 Å². The van der Waals surface area contributed by atoms with Gasteiger partial charge in [0.15, 0.2) is 11.6 Å². The van der Waals surface area contributed by atoms with Crippen LogP contribution in [0.3, 0.4) is 0 Å². The SMILES string of the molecule is COc1cccc(Cn2cc(C(=O)c3ccc(C)cc3)c(=O)c3cc(F)cc(F)c32)c1. The highest BCUT2D eigenvalue weighted by molar-refractivity contribution is 6.10. The van der Waals surface area contributed by atoms with Gasteiger partial charge in [0.1, 0.15) is 11.6 Å². The van der Waals surface area contributed by atoms with E-state index >= 15 is 0 Å². The number of benzene rings is 3. The van der Waals surface area contributed by atoms with Gasteiger partial charge in [-0.2, -0.15) is 0 Å². The number of fused-ring (bicyclic) bond motifs is 1. The number of aryl methyl sites for hydroxylation is 1. The summed E-state index contributed by atoms with van der Waals surface area (Å²) in [6.45, 7) is 2.04. The van der Waals surface area contributed by atoms with Crippen LogP contribution in [0.25, 0.3) is 10.9 Å². The van der Waals surface area contributed by atoms with E-state index < -0.39 is 22.8 Å². The summed E-state index contributed by atoms with van der Waals surface area (Å²) in [5.74, 6) is -1.64. The van der Waals surface area contributed by atoms with Crippen molar-refractivity contribution in [2.75, 3.05) is 7.11 Å².